The number of halogens is 1. The molecular formula is C27H17FN7Na3O12S4. The number of azo groups is 1. The van der Waals surface area contributed by atoms with Gasteiger partial charge in [-0.15, -0.1) is 10.2 Å². The van der Waals surface area contributed by atoms with Crippen LogP contribution in [0.15, 0.2) is 109 Å². The van der Waals surface area contributed by atoms with Crippen LogP contribution in [0.25, 0.3) is 10.8 Å². The van der Waals surface area contributed by atoms with E-state index < -0.39 is 106 Å². The van der Waals surface area contributed by atoms with Gasteiger partial charge in [-0.05, 0) is 60.0 Å². The number of sulfone groups is 1. The Morgan fingerprint density at radius 3 is 1.83 bits per heavy atom. The van der Waals surface area contributed by atoms with Crippen molar-refractivity contribution in [2.75, 3.05) is 10.6 Å². The first-order valence-corrected chi connectivity index (χ1v) is 19.1. The monoisotopic (exact) mass is 847 g/mol. The molecule has 4 aromatic carbocycles. The molecule has 0 unspecified atom stereocenters. The molecule has 54 heavy (non-hydrogen) atoms. The molecule has 0 atom stereocenters. The Hall–Kier alpha value is -2.50. The normalized spacial score (nSPS) is 11.9. The fourth-order valence-electron chi connectivity index (χ4n) is 4.38. The van der Waals surface area contributed by atoms with E-state index in [1.165, 1.54) is 36.4 Å². The molecule has 5 aromatic rings. The van der Waals surface area contributed by atoms with Crippen LogP contribution in [-0.4, -0.2) is 67.4 Å². The smallest absolute Gasteiger partial charge is 0.744 e. The first-order chi connectivity index (χ1) is 23.7. The maximum absolute atomic E-state index is 14.6. The van der Waals surface area contributed by atoms with Crippen LogP contribution in [0.1, 0.15) is 0 Å². The third-order valence-corrected chi connectivity index (χ3v) is 10.5. The van der Waals surface area contributed by atoms with Gasteiger partial charge in [0.25, 0.3) is 0 Å². The molecule has 0 saturated heterocycles. The molecule has 19 nitrogen and oxygen atoms in total. The van der Waals surface area contributed by atoms with Gasteiger partial charge in [0.2, 0.25) is 11.9 Å². The van der Waals surface area contributed by atoms with Gasteiger partial charge in [-0.1, -0.05) is 18.7 Å². The Kier molecular flexibility index (Phi) is 16.0. The molecule has 0 amide bonds. The summed E-state index contributed by atoms with van der Waals surface area (Å²) in [4.78, 5) is 7.47. The van der Waals surface area contributed by atoms with E-state index in [1.807, 2.05) is 0 Å². The summed E-state index contributed by atoms with van der Waals surface area (Å²) in [6.45, 7) is 3.22. The van der Waals surface area contributed by atoms with Crippen LogP contribution >= 0.6 is 0 Å². The largest absolute Gasteiger partial charge is 1.00 e. The van der Waals surface area contributed by atoms with Gasteiger partial charge in [0.15, 0.2) is 15.6 Å². The van der Waals surface area contributed by atoms with Crippen molar-refractivity contribution in [3.8, 4) is 5.75 Å². The average Bonchev–Trinajstić information content (AvgIpc) is 3.02. The van der Waals surface area contributed by atoms with Crippen molar-refractivity contribution in [3.63, 3.8) is 0 Å². The minimum atomic E-state index is -5.58. The topological polar surface area (TPSA) is 313 Å². The molecule has 1 aromatic heterocycles. The van der Waals surface area contributed by atoms with Gasteiger partial charge in [-0.3, -0.25) is 0 Å². The second kappa shape index (κ2) is 18.2. The van der Waals surface area contributed by atoms with Gasteiger partial charge in [-0.25, -0.2) is 33.7 Å². The average molecular weight is 848 g/mol. The number of hydrogen-bond donors (Lipinski definition) is 3. The van der Waals surface area contributed by atoms with Crippen molar-refractivity contribution in [1.29, 1.82) is 0 Å². The van der Waals surface area contributed by atoms with Crippen LogP contribution in [0.5, 0.6) is 5.75 Å². The van der Waals surface area contributed by atoms with Gasteiger partial charge in [0.1, 0.15) is 41.7 Å². The molecule has 0 aliphatic heterocycles. The maximum atomic E-state index is 14.6. The molecule has 0 radical (unpaired) electrons. The number of hydrogen-bond acceptors (Lipinski definition) is 19. The van der Waals surface area contributed by atoms with E-state index in [1.54, 1.807) is 0 Å². The number of phenols is 1. The van der Waals surface area contributed by atoms with Crippen LogP contribution < -0.4 is 99.3 Å². The number of benzene rings is 4. The minimum Gasteiger partial charge on any atom is -0.744 e. The van der Waals surface area contributed by atoms with Crippen LogP contribution in [0.4, 0.5) is 39.0 Å². The number of aromatic hydroxyl groups is 1. The van der Waals surface area contributed by atoms with Crippen molar-refractivity contribution >= 4 is 85.6 Å². The second-order valence-electron chi connectivity index (χ2n) is 9.91. The number of rotatable bonds is 11. The Balaban J connectivity index is 0.00000336. The van der Waals surface area contributed by atoms with E-state index in [-0.39, 0.29) is 99.3 Å². The van der Waals surface area contributed by atoms with E-state index in [9.17, 15) is 56.8 Å². The van der Waals surface area contributed by atoms with E-state index in [0.717, 1.165) is 17.5 Å². The number of phenolic OH excluding ortho intramolecular Hbond substituents is 1. The molecule has 0 bridgehead atoms. The van der Waals surface area contributed by atoms with Gasteiger partial charge in [0, 0.05) is 16.5 Å². The zero-order valence-electron chi connectivity index (χ0n) is 27.8. The van der Waals surface area contributed by atoms with Crippen molar-refractivity contribution in [1.82, 2.24) is 15.0 Å². The molecule has 3 N–H and O–H groups in total. The summed E-state index contributed by atoms with van der Waals surface area (Å²) in [6, 6.07) is 11.0. The standard InChI is InChI=1S/C27H20FN7O12S4.3Na/c1-2-48(37,38)16-9-7-15(8-10-16)29-26-31-25(28)32-27(33-26)30-19-13-17(49(39,40)41)11-14-12-21(51(45,46)47)23(24(36)22(14)19)35-34-18-5-3-4-6-20(18)50(42,43)44;;;/h2-13,36H,1H2,(H,39,40,41)(H,42,43,44)(H,45,46,47)(H2,29,30,31,32,33);;;/q;3*+1/p-3. The van der Waals surface area contributed by atoms with E-state index in [4.69, 9.17) is 0 Å². The number of nitrogens with zero attached hydrogens (tertiary/aromatic N) is 5. The molecule has 266 valence electrons. The van der Waals surface area contributed by atoms with Crippen molar-refractivity contribution in [2.45, 2.75) is 19.6 Å². The van der Waals surface area contributed by atoms with Gasteiger partial charge in [0.05, 0.1) is 25.3 Å². The summed E-state index contributed by atoms with van der Waals surface area (Å²) >= 11 is 0. The Bertz CT molecular complexity index is 2750. The third kappa shape index (κ3) is 11.1. The van der Waals surface area contributed by atoms with Gasteiger partial charge < -0.3 is 29.4 Å². The SMILES string of the molecule is C=CS(=O)(=O)c1ccc(Nc2nc(F)nc(Nc3cc(S(=O)(=O)[O-])cc4cc(S(=O)(=O)[O-])c(N=Nc5ccccc5S(=O)(=O)[O-])c(O)c34)n2)cc1.[Na+].[Na+].[Na+]. The van der Waals surface area contributed by atoms with E-state index >= 15 is 0 Å². The minimum absolute atomic E-state index is 0. The van der Waals surface area contributed by atoms with Crippen LogP contribution in [0.2, 0.25) is 0 Å². The molecule has 0 aliphatic rings. The van der Waals surface area contributed by atoms with Crippen LogP contribution in [-0.2, 0) is 40.2 Å². The Labute approximate surface area is 372 Å². The first-order valence-electron chi connectivity index (χ1n) is 13.3. The van der Waals surface area contributed by atoms with Crippen molar-refractivity contribution in [2.24, 2.45) is 10.2 Å². The second-order valence-corrected chi connectivity index (χ2v) is 15.9. The summed E-state index contributed by atoms with van der Waals surface area (Å²) in [5, 5.41) is 22.9. The summed E-state index contributed by atoms with van der Waals surface area (Å²) in [5.74, 6) is -2.39. The first kappa shape index (κ1) is 47.7. The number of aromatic nitrogens is 3. The summed E-state index contributed by atoms with van der Waals surface area (Å²) in [5.41, 5.74) is -2.17. The molecule has 0 fully saturated rings. The maximum Gasteiger partial charge on any atom is 1.00 e. The molecule has 0 aliphatic carbocycles. The summed E-state index contributed by atoms with van der Waals surface area (Å²) in [7, 11) is -19.8. The predicted octanol–water partition coefficient (Wildman–Crippen LogP) is -5.59. The van der Waals surface area contributed by atoms with E-state index in [0.29, 0.717) is 18.2 Å². The Morgan fingerprint density at radius 1 is 0.704 bits per heavy atom. The zero-order chi connectivity index (χ0) is 37.5. The number of anilines is 4. The number of nitrogens with one attached hydrogen (secondary N) is 2. The Morgan fingerprint density at radius 2 is 1.28 bits per heavy atom. The zero-order valence-corrected chi connectivity index (χ0v) is 37.1. The fraction of sp³-hybridized carbons (Fsp3) is 0. The molecular weight excluding hydrogens is 831 g/mol. The predicted molar refractivity (Wildman–Crippen MR) is 170 cm³/mol. The van der Waals surface area contributed by atoms with Crippen LogP contribution in [0.3, 0.4) is 0 Å². The molecule has 0 saturated carbocycles. The third-order valence-electron chi connectivity index (χ3n) is 6.59. The molecule has 1 heterocycles. The summed E-state index contributed by atoms with van der Waals surface area (Å²) in [6.07, 6.45) is -1.43. The molecule has 27 heteroatoms. The number of fused-ring (bicyclic) bond motifs is 1. The van der Waals surface area contributed by atoms with E-state index in [2.05, 4.69) is 42.4 Å². The molecule has 5 rings (SSSR count). The van der Waals surface area contributed by atoms with Crippen molar-refractivity contribution < 1.29 is 145 Å². The van der Waals surface area contributed by atoms with Gasteiger partial charge in [-0.2, -0.15) is 19.3 Å². The van der Waals surface area contributed by atoms with Gasteiger partial charge >= 0.3 is 94.8 Å². The fourth-order valence-corrected chi connectivity index (χ4v) is 6.88. The summed E-state index contributed by atoms with van der Waals surface area (Å²) < 4.78 is 146. The molecule has 0 spiro atoms. The van der Waals surface area contributed by atoms with Crippen molar-refractivity contribution in [3.05, 3.63) is 84.8 Å². The van der Waals surface area contributed by atoms with Crippen LogP contribution in [0, 0.1) is 6.08 Å². The quantitative estimate of drug-likeness (QED) is 0.0634.